The number of hydrogen-bond acceptors (Lipinski definition) is 5. The summed E-state index contributed by atoms with van der Waals surface area (Å²) in [5.74, 6) is -0.442. The van der Waals surface area contributed by atoms with Gasteiger partial charge in [0.15, 0.2) is 0 Å². The van der Waals surface area contributed by atoms with Gasteiger partial charge in [0.05, 0.1) is 5.71 Å². The van der Waals surface area contributed by atoms with Crippen molar-refractivity contribution in [2.45, 2.75) is 19.8 Å². The predicted molar refractivity (Wildman–Crippen MR) is 97.5 cm³/mol. The molecule has 0 bridgehead atoms. The molecule has 1 fully saturated rings. The summed E-state index contributed by atoms with van der Waals surface area (Å²) in [6.45, 7) is 2.26. The molecule has 2 aromatic rings. The molecule has 0 radical (unpaired) electrons. The third-order valence-electron chi connectivity index (χ3n) is 4.19. The molecule has 1 heterocycles. The highest BCUT2D eigenvalue weighted by molar-refractivity contribution is 6.03. The van der Waals surface area contributed by atoms with Crippen molar-refractivity contribution in [2.24, 2.45) is 5.10 Å². The number of rotatable bonds is 4. The molecule has 2 amide bonds. The molecule has 0 aliphatic carbocycles. The van der Waals surface area contributed by atoms with Gasteiger partial charge < -0.3 is 15.1 Å². The number of benzene rings is 2. The van der Waals surface area contributed by atoms with Crippen molar-refractivity contribution in [1.29, 1.82) is 0 Å². The van der Waals surface area contributed by atoms with Gasteiger partial charge in [0.25, 0.3) is 5.91 Å². The lowest BCUT2D eigenvalue weighted by atomic mass is 10.1. The van der Waals surface area contributed by atoms with E-state index in [1.807, 2.05) is 0 Å². The van der Waals surface area contributed by atoms with Crippen LogP contribution in [0.15, 0.2) is 47.6 Å². The maximum Gasteiger partial charge on any atom is 0.271 e. The van der Waals surface area contributed by atoms with Crippen molar-refractivity contribution in [3.05, 3.63) is 53.6 Å². The molecule has 0 atom stereocenters. The Labute approximate surface area is 150 Å². The molecular weight excluding hydrogens is 334 g/mol. The minimum Gasteiger partial charge on any atom is -0.508 e. The number of hydrazone groups is 1. The van der Waals surface area contributed by atoms with E-state index in [2.05, 4.69) is 10.5 Å². The summed E-state index contributed by atoms with van der Waals surface area (Å²) in [5, 5.41) is 23.3. The van der Waals surface area contributed by atoms with Crippen molar-refractivity contribution in [3.8, 4) is 11.5 Å². The van der Waals surface area contributed by atoms with Crippen LogP contribution < -0.4 is 10.3 Å². The lowest BCUT2D eigenvalue weighted by Gasteiger charge is -2.16. The number of hydrogen-bond donors (Lipinski definition) is 3. The molecule has 26 heavy (non-hydrogen) atoms. The van der Waals surface area contributed by atoms with Gasteiger partial charge >= 0.3 is 0 Å². The van der Waals surface area contributed by atoms with E-state index < -0.39 is 5.91 Å². The molecule has 1 aliphatic rings. The molecule has 1 aliphatic heterocycles. The summed E-state index contributed by atoms with van der Waals surface area (Å²) in [7, 11) is 0. The molecule has 2 aromatic carbocycles. The Balaban J connectivity index is 1.76. The van der Waals surface area contributed by atoms with Gasteiger partial charge in [0.1, 0.15) is 11.5 Å². The molecule has 0 unspecified atom stereocenters. The second kappa shape index (κ2) is 7.26. The van der Waals surface area contributed by atoms with E-state index in [1.165, 1.54) is 18.2 Å². The minimum absolute atomic E-state index is 0.0124. The molecule has 3 rings (SSSR count). The Bertz CT molecular complexity index is 892. The SMILES string of the molecule is CC(=NNC(=O)c1cccc(N2CCCC2=O)c1)c1cc(O)ccc1O. The predicted octanol–water partition coefficient (Wildman–Crippen LogP) is 2.38. The number of amides is 2. The fraction of sp³-hybridized carbons (Fsp3) is 0.211. The van der Waals surface area contributed by atoms with E-state index in [4.69, 9.17) is 0 Å². The second-order valence-electron chi connectivity index (χ2n) is 6.04. The zero-order chi connectivity index (χ0) is 18.7. The average molecular weight is 353 g/mol. The fourth-order valence-corrected chi connectivity index (χ4v) is 2.81. The maximum absolute atomic E-state index is 12.3. The number of phenolic OH excluding ortho intramolecular Hbond substituents is 2. The van der Waals surface area contributed by atoms with E-state index in [9.17, 15) is 19.8 Å². The van der Waals surface area contributed by atoms with Crippen LogP contribution in [-0.2, 0) is 4.79 Å². The van der Waals surface area contributed by atoms with Gasteiger partial charge in [-0.1, -0.05) is 6.07 Å². The highest BCUT2D eigenvalue weighted by Crippen LogP contribution is 2.23. The highest BCUT2D eigenvalue weighted by atomic mass is 16.3. The van der Waals surface area contributed by atoms with Gasteiger partial charge in [-0.05, 0) is 49.7 Å². The summed E-state index contributed by atoms with van der Waals surface area (Å²) in [6, 6.07) is 10.9. The number of anilines is 1. The standard InChI is InChI=1S/C19H19N3O4/c1-12(16-11-15(23)7-8-17(16)24)20-21-19(26)13-4-2-5-14(10-13)22-9-3-6-18(22)25/h2,4-5,7-8,10-11,23-24H,3,6,9H2,1H3,(H,21,26). The Hall–Kier alpha value is -3.35. The number of carbonyl (C=O) groups excluding carboxylic acids is 2. The van der Waals surface area contributed by atoms with Gasteiger partial charge in [-0.25, -0.2) is 5.43 Å². The Morgan fingerprint density at radius 2 is 2.00 bits per heavy atom. The summed E-state index contributed by atoms with van der Waals surface area (Å²) >= 11 is 0. The van der Waals surface area contributed by atoms with Crippen molar-refractivity contribution in [3.63, 3.8) is 0 Å². The molecule has 1 saturated heterocycles. The molecule has 0 aromatic heterocycles. The van der Waals surface area contributed by atoms with Crippen molar-refractivity contribution >= 4 is 23.2 Å². The maximum atomic E-state index is 12.3. The molecule has 3 N–H and O–H groups in total. The third-order valence-corrected chi connectivity index (χ3v) is 4.19. The van der Waals surface area contributed by atoms with Crippen LogP contribution in [0.5, 0.6) is 11.5 Å². The van der Waals surface area contributed by atoms with E-state index in [0.29, 0.717) is 35.5 Å². The Morgan fingerprint density at radius 3 is 2.73 bits per heavy atom. The van der Waals surface area contributed by atoms with Gasteiger partial charge in [-0.2, -0.15) is 5.10 Å². The number of carbonyl (C=O) groups is 2. The lowest BCUT2D eigenvalue weighted by molar-refractivity contribution is -0.117. The quantitative estimate of drug-likeness (QED) is 0.446. The van der Waals surface area contributed by atoms with Gasteiger partial charge in [-0.3, -0.25) is 9.59 Å². The lowest BCUT2D eigenvalue weighted by Crippen LogP contribution is -2.24. The Kier molecular flexibility index (Phi) is 4.88. The smallest absolute Gasteiger partial charge is 0.271 e. The second-order valence-corrected chi connectivity index (χ2v) is 6.04. The van der Waals surface area contributed by atoms with E-state index >= 15 is 0 Å². The van der Waals surface area contributed by atoms with Crippen LogP contribution in [0.2, 0.25) is 0 Å². The van der Waals surface area contributed by atoms with Crippen LogP contribution in [0.1, 0.15) is 35.7 Å². The van der Waals surface area contributed by atoms with Crippen molar-refractivity contribution in [1.82, 2.24) is 5.43 Å². The van der Waals surface area contributed by atoms with Crippen molar-refractivity contribution < 1.29 is 19.8 Å². The van der Waals surface area contributed by atoms with Crippen LogP contribution in [0.3, 0.4) is 0 Å². The molecular formula is C19H19N3O4. The summed E-state index contributed by atoms with van der Waals surface area (Å²) < 4.78 is 0. The zero-order valence-electron chi connectivity index (χ0n) is 14.3. The molecule has 7 heteroatoms. The largest absolute Gasteiger partial charge is 0.508 e. The number of phenols is 2. The Morgan fingerprint density at radius 1 is 1.19 bits per heavy atom. The first-order chi connectivity index (χ1) is 12.5. The number of nitrogens with one attached hydrogen (secondary N) is 1. The topological polar surface area (TPSA) is 102 Å². The first-order valence-corrected chi connectivity index (χ1v) is 8.23. The van der Waals surface area contributed by atoms with E-state index in [0.717, 1.165) is 6.42 Å². The van der Waals surface area contributed by atoms with Gasteiger partial charge in [-0.15, -0.1) is 0 Å². The van der Waals surface area contributed by atoms with Gasteiger partial charge in [0, 0.05) is 29.8 Å². The average Bonchev–Trinajstić information content (AvgIpc) is 3.07. The van der Waals surface area contributed by atoms with Crippen LogP contribution in [0.4, 0.5) is 5.69 Å². The van der Waals surface area contributed by atoms with Crippen LogP contribution in [0, 0.1) is 0 Å². The zero-order valence-corrected chi connectivity index (χ0v) is 14.3. The van der Waals surface area contributed by atoms with Crippen LogP contribution >= 0.6 is 0 Å². The van der Waals surface area contributed by atoms with E-state index in [-0.39, 0.29) is 17.4 Å². The number of nitrogens with zero attached hydrogens (tertiary/aromatic N) is 2. The molecule has 0 saturated carbocycles. The summed E-state index contributed by atoms with van der Waals surface area (Å²) in [5.41, 5.74) is 4.15. The first kappa shape index (κ1) is 17.5. The van der Waals surface area contributed by atoms with Crippen molar-refractivity contribution in [2.75, 3.05) is 11.4 Å². The highest BCUT2D eigenvalue weighted by Gasteiger charge is 2.22. The molecule has 7 nitrogen and oxygen atoms in total. The normalized spacial score (nSPS) is 14.6. The minimum atomic E-state index is -0.433. The van der Waals surface area contributed by atoms with Crippen LogP contribution in [-0.4, -0.2) is 34.3 Å². The van der Waals surface area contributed by atoms with Crippen LogP contribution in [0.25, 0.3) is 0 Å². The number of aromatic hydroxyl groups is 2. The van der Waals surface area contributed by atoms with Gasteiger partial charge in [0.2, 0.25) is 5.91 Å². The summed E-state index contributed by atoms with van der Waals surface area (Å²) in [4.78, 5) is 25.9. The molecule has 134 valence electrons. The third kappa shape index (κ3) is 3.66. The molecule has 0 spiro atoms. The monoisotopic (exact) mass is 353 g/mol. The van der Waals surface area contributed by atoms with E-state index in [1.54, 1.807) is 36.1 Å². The fourth-order valence-electron chi connectivity index (χ4n) is 2.81. The summed E-state index contributed by atoms with van der Waals surface area (Å²) in [6.07, 6.45) is 1.33. The first-order valence-electron chi connectivity index (χ1n) is 8.23.